The highest BCUT2D eigenvalue weighted by Gasteiger charge is 2.05. The van der Waals surface area contributed by atoms with Gasteiger partial charge in [0, 0.05) is 22.3 Å². The number of hydrogen-bond donors (Lipinski definition) is 2. The first kappa shape index (κ1) is 18.5. The van der Waals surface area contributed by atoms with Crippen LogP contribution >= 0.6 is 11.6 Å². The molecule has 0 unspecified atom stereocenters. The van der Waals surface area contributed by atoms with Gasteiger partial charge in [0.1, 0.15) is 5.75 Å². The Kier molecular flexibility index (Phi) is 7.04. The van der Waals surface area contributed by atoms with Crippen LogP contribution < -0.4 is 15.4 Å². The summed E-state index contributed by atoms with van der Waals surface area (Å²) in [5.41, 5.74) is 1.41. The first-order chi connectivity index (χ1) is 12.1. The molecule has 0 spiro atoms. The molecule has 2 rings (SSSR count). The van der Waals surface area contributed by atoms with Gasteiger partial charge in [0.2, 0.25) is 11.8 Å². The lowest BCUT2D eigenvalue weighted by Gasteiger charge is -2.07. The van der Waals surface area contributed by atoms with Crippen molar-refractivity contribution in [3.8, 4) is 5.75 Å². The Hall–Kier alpha value is -2.79. The lowest BCUT2D eigenvalue weighted by atomic mass is 10.2. The van der Waals surface area contributed by atoms with Crippen LogP contribution in [0.3, 0.4) is 0 Å². The molecule has 6 heteroatoms. The molecule has 0 aliphatic carbocycles. The second-order valence-corrected chi connectivity index (χ2v) is 5.51. The predicted octanol–water partition coefficient (Wildman–Crippen LogP) is 3.51. The van der Waals surface area contributed by atoms with Gasteiger partial charge < -0.3 is 15.4 Å². The minimum absolute atomic E-state index is 0.126. The summed E-state index contributed by atoms with van der Waals surface area (Å²) in [7, 11) is 0. The van der Waals surface area contributed by atoms with E-state index >= 15 is 0 Å². The third-order valence-corrected chi connectivity index (χ3v) is 3.44. The highest BCUT2D eigenvalue weighted by molar-refractivity contribution is 6.30. The Morgan fingerprint density at radius 2 is 1.84 bits per heavy atom. The number of carbonyl (C=O) groups is 2. The van der Waals surface area contributed by atoms with Crippen molar-refractivity contribution in [1.82, 2.24) is 5.32 Å². The zero-order valence-electron chi connectivity index (χ0n) is 13.8. The maximum absolute atomic E-state index is 11.9. The number of rotatable bonds is 7. The molecule has 2 amide bonds. The first-order valence-corrected chi connectivity index (χ1v) is 8.19. The van der Waals surface area contributed by atoms with Gasteiger partial charge in [-0.15, -0.1) is 0 Å². The number of ether oxygens (including phenoxy) is 1. The van der Waals surface area contributed by atoms with Gasteiger partial charge in [-0.2, -0.15) is 0 Å². The van der Waals surface area contributed by atoms with E-state index in [4.69, 9.17) is 16.3 Å². The highest BCUT2D eigenvalue weighted by atomic mass is 35.5. The number of hydrogen-bond acceptors (Lipinski definition) is 3. The lowest BCUT2D eigenvalue weighted by molar-refractivity contribution is -0.121. The molecule has 0 aromatic heterocycles. The van der Waals surface area contributed by atoms with E-state index in [9.17, 15) is 9.59 Å². The highest BCUT2D eigenvalue weighted by Crippen LogP contribution is 2.19. The van der Waals surface area contributed by atoms with Gasteiger partial charge in [0.05, 0.1) is 13.2 Å². The Morgan fingerprint density at radius 3 is 2.56 bits per heavy atom. The second kappa shape index (κ2) is 9.49. The van der Waals surface area contributed by atoms with E-state index in [2.05, 4.69) is 10.6 Å². The monoisotopic (exact) mass is 358 g/mol. The number of benzene rings is 2. The smallest absolute Gasteiger partial charge is 0.244 e. The zero-order chi connectivity index (χ0) is 18.1. The summed E-state index contributed by atoms with van der Waals surface area (Å²) in [5, 5.41) is 5.79. The van der Waals surface area contributed by atoms with Crippen molar-refractivity contribution in [2.24, 2.45) is 0 Å². The van der Waals surface area contributed by atoms with Gasteiger partial charge in [0.15, 0.2) is 0 Å². The molecular formula is C19H19ClN2O3. The molecule has 0 saturated carbocycles. The quantitative estimate of drug-likeness (QED) is 0.744. The van der Waals surface area contributed by atoms with Crippen LogP contribution in [0.25, 0.3) is 6.08 Å². The molecule has 25 heavy (non-hydrogen) atoms. The third kappa shape index (κ3) is 6.31. The summed E-state index contributed by atoms with van der Waals surface area (Å²) in [5.74, 6) is 0.0193. The average molecular weight is 359 g/mol. The lowest BCUT2D eigenvalue weighted by Crippen LogP contribution is -2.31. The molecule has 0 atom stereocenters. The molecule has 0 fully saturated rings. The van der Waals surface area contributed by atoms with Crippen LogP contribution in [0, 0.1) is 0 Å². The number of halogens is 1. The van der Waals surface area contributed by atoms with Crippen LogP contribution in [0.1, 0.15) is 12.5 Å². The summed E-state index contributed by atoms with van der Waals surface area (Å²) in [4.78, 5) is 23.7. The first-order valence-electron chi connectivity index (χ1n) is 7.81. The summed E-state index contributed by atoms with van der Waals surface area (Å²) in [6.07, 6.45) is 3.02. The molecule has 0 aliphatic heterocycles. The Balaban J connectivity index is 1.84. The molecule has 130 valence electrons. The van der Waals surface area contributed by atoms with Crippen LogP contribution in [-0.4, -0.2) is 25.0 Å². The number of anilines is 1. The molecular weight excluding hydrogens is 340 g/mol. The van der Waals surface area contributed by atoms with Crippen molar-refractivity contribution in [3.63, 3.8) is 0 Å². The maximum Gasteiger partial charge on any atom is 0.244 e. The SMILES string of the molecule is CCOc1ccccc1C=CC(=O)NCC(=O)Nc1ccc(Cl)cc1. The van der Waals surface area contributed by atoms with Gasteiger partial charge in [-0.1, -0.05) is 29.8 Å². The van der Waals surface area contributed by atoms with Crippen LogP contribution in [0.4, 0.5) is 5.69 Å². The van der Waals surface area contributed by atoms with Crippen molar-refractivity contribution in [2.45, 2.75) is 6.92 Å². The van der Waals surface area contributed by atoms with E-state index in [0.717, 1.165) is 5.56 Å². The van der Waals surface area contributed by atoms with Gasteiger partial charge >= 0.3 is 0 Å². The van der Waals surface area contributed by atoms with E-state index < -0.39 is 0 Å². The summed E-state index contributed by atoms with van der Waals surface area (Å²) in [6, 6.07) is 14.1. The number of nitrogens with one attached hydrogen (secondary N) is 2. The minimum Gasteiger partial charge on any atom is -0.493 e. The fourth-order valence-electron chi connectivity index (χ4n) is 2.04. The molecule has 0 bridgehead atoms. The van der Waals surface area contributed by atoms with Crippen molar-refractivity contribution in [3.05, 3.63) is 65.2 Å². The van der Waals surface area contributed by atoms with Crippen LogP contribution in [0.2, 0.25) is 5.02 Å². The van der Waals surface area contributed by atoms with Gasteiger partial charge in [-0.25, -0.2) is 0 Å². The van der Waals surface area contributed by atoms with Crippen molar-refractivity contribution in [1.29, 1.82) is 0 Å². The average Bonchev–Trinajstić information content (AvgIpc) is 2.61. The van der Waals surface area contributed by atoms with E-state index in [0.29, 0.717) is 23.1 Å². The van der Waals surface area contributed by atoms with Gasteiger partial charge in [-0.05, 0) is 43.3 Å². The summed E-state index contributed by atoms with van der Waals surface area (Å²) >= 11 is 5.78. The van der Waals surface area contributed by atoms with Gasteiger partial charge in [-0.3, -0.25) is 9.59 Å². The fraction of sp³-hybridized carbons (Fsp3) is 0.158. The number of carbonyl (C=O) groups excluding carboxylic acids is 2. The van der Waals surface area contributed by atoms with E-state index in [1.807, 2.05) is 31.2 Å². The van der Waals surface area contributed by atoms with E-state index in [1.165, 1.54) is 6.08 Å². The molecule has 0 heterocycles. The van der Waals surface area contributed by atoms with Crippen molar-refractivity contribution in [2.75, 3.05) is 18.5 Å². The summed E-state index contributed by atoms with van der Waals surface area (Å²) < 4.78 is 5.49. The van der Waals surface area contributed by atoms with Crippen LogP contribution in [-0.2, 0) is 9.59 Å². The van der Waals surface area contributed by atoms with Crippen LogP contribution in [0.5, 0.6) is 5.75 Å². The third-order valence-electron chi connectivity index (χ3n) is 3.18. The molecule has 2 aromatic carbocycles. The predicted molar refractivity (Wildman–Crippen MR) is 99.7 cm³/mol. The Labute approximate surface area is 151 Å². The summed E-state index contributed by atoms with van der Waals surface area (Å²) in [6.45, 7) is 2.31. The maximum atomic E-state index is 11.9. The zero-order valence-corrected chi connectivity index (χ0v) is 14.5. The fourth-order valence-corrected chi connectivity index (χ4v) is 2.16. The largest absolute Gasteiger partial charge is 0.493 e. The number of para-hydroxylation sites is 1. The van der Waals surface area contributed by atoms with Crippen LogP contribution in [0.15, 0.2) is 54.6 Å². The minimum atomic E-state index is -0.363. The molecule has 0 saturated heterocycles. The Bertz CT molecular complexity index is 758. The van der Waals surface area contributed by atoms with E-state index in [1.54, 1.807) is 30.3 Å². The van der Waals surface area contributed by atoms with Crippen molar-refractivity contribution < 1.29 is 14.3 Å². The molecule has 2 aromatic rings. The molecule has 2 N–H and O–H groups in total. The normalized spacial score (nSPS) is 10.5. The number of amides is 2. The topological polar surface area (TPSA) is 67.4 Å². The van der Waals surface area contributed by atoms with E-state index in [-0.39, 0.29) is 18.4 Å². The standard InChI is InChI=1S/C19H19ClN2O3/c1-2-25-17-6-4-3-5-14(17)7-12-18(23)21-13-19(24)22-16-10-8-15(20)9-11-16/h3-12H,2,13H2,1H3,(H,21,23)(H,22,24). The molecule has 0 aliphatic rings. The molecule has 5 nitrogen and oxygen atoms in total. The van der Waals surface area contributed by atoms with Crippen molar-refractivity contribution >= 4 is 35.2 Å². The Morgan fingerprint density at radius 1 is 1.12 bits per heavy atom. The second-order valence-electron chi connectivity index (χ2n) is 5.08. The van der Waals surface area contributed by atoms with Gasteiger partial charge in [0.25, 0.3) is 0 Å². The molecule has 0 radical (unpaired) electrons.